The summed E-state index contributed by atoms with van der Waals surface area (Å²) in [5, 5.41) is 8.82. The summed E-state index contributed by atoms with van der Waals surface area (Å²) < 4.78 is 0. The number of carbonyl (C=O) groups excluding carboxylic acids is 1. The van der Waals surface area contributed by atoms with Gasteiger partial charge in [0, 0.05) is 18.2 Å². The fourth-order valence-corrected chi connectivity index (χ4v) is 2.58. The Balaban J connectivity index is 2.13. The van der Waals surface area contributed by atoms with Gasteiger partial charge >= 0.3 is 5.97 Å². The van der Waals surface area contributed by atoms with E-state index in [1.165, 1.54) is 0 Å². The topological polar surface area (TPSA) is 57.6 Å². The summed E-state index contributed by atoms with van der Waals surface area (Å²) in [6, 6.07) is 9.33. The second-order valence-electron chi connectivity index (χ2n) is 4.95. The van der Waals surface area contributed by atoms with Gasteiger partial charge in [-0.05, 0) is 25.0 Å². The van der Waals surface area contributed by atoms with E-state index in [4.69, 9.17) is 5.11 Å². The number of rotatable bonds is 5. The number of benzene rings is 1. The minimum Gasteiger partial charge on any atom is -0.481 e. The number of aliphatic carboxylic acids is 1. The summed E-state index contributed by atoms with van der Waals surface area (Å²) in [5.41, 5.74) is 0.792. The van der Waals surface area contributed by atoms with Crippen molar-refractivity contribution in [3.8, 4) is 0 Å². The van der Waals surface area contributed by atoms with Crippen LogP contribution in [0.3, 0.4) is 0 Å². The molecule has 0 aromatic heterocycles. The summed E-state index contributed by atoms with van der Waals surface area (Å²) >= 11 is 0. The van der Waals surface area contributed by atoms with Crippen LogP contribution in [0.15, 0.2) is 30.3 Å². The maximum atomic E-state index is 12.5. The van der Waals surface area contributed by atoms with Crippen molar-refractivity contribution in [1.82, 2.24) is 0 Å². The third-order valence-corrected chi connectivity index (χ3v) is 3.59. The number of hydrogen-bond acceptors (Lipinski definition) is 2. The van der Waals surface area contributed by atoms with Gasteiger partial charge in [0.05, 0.1) is 6.42 Å². The molecule has 2 rings (SSSR count). The van der Waals surface area contributed by atoms with Crippen LogP contribution < -0.4 is 4.90 Å². The van der Waals surface area contributed by atoms with Gasteiger partial charge in [-0.3, -0.25) is 9.59 Å². The Morgan fingerprint density at radius 2 is 1.79 bits per heavy atom. The molecular formula is C15H19NO3. The predicted octanol–water partition coefficient (Wildman–Crippen LogP) is 2.68. The first kappa shape index (κ1) is 13.6. The minimum absolute atomic E-state index is 0.0205. The van der Waals surface area contributed by atoms with E-state index in [2.05, 4.69) is 0 Å². The van der Waals surface area contributed by atoms with E-state index in [-0.39, 0.29) is 24.8 Å². The van der Waals surface area contributed by atoms with Crippen molar-refractivity contribution in [1.29, 1.82) is 0 Å². The zero-order valence-electron chi connectivity index (χ0n) is 10.9. The first-order valence-corrected chi connectivity index (χ1v) is 6.76. The SMILES string of the molecule is O=C(O)CCN(C(=O)C1CCCC1)c1ccccc1. The summed E-state index contributed by atoms with van der Waals surface area (Å²) in [7, 11) is 0. The van der Waals surface area contributed by atoms with Crippen LogP contribution in [0.25, 0.3) is 0 Å². The van der Waals surface area contributed by atoms with Crippen molar-refractivity contribution in [2.45, 2.75) is 32.1 Å². The maximum absolute atomic E-state index is 12.5. The Morgan fingerprint density at radius 1 is 1.16 bits per heavy atom. The normalized spacial score (nSPS) is 15.4. The Morgan fingerprint density at radius 3 is 2.37 bits per heavy atom. The van der Waals surface area contributed by atoms with Crippen LogP contribution in [0.2, 0.25) is 0 Å². The Hall–Kier alpha value is -1.84. The van der Waals surface area contributed by atoms with Crippen molar-refractivity contribution in [3.63, 3.8) is 0 Å². The standard InChI is InChI=1S/C15H19NO3/c17-14(18)10-11-16(13-8-2-1-3-9-13)15(19)12-6-4-5-7-12/h1-3,8-9,12H,4-7,10-11H2,(H,17,18). The molecule has 0 heterocycles. The molecule has 1 N–H and O–H groups in total. The number of para-hydroxylation sites is 1. The lowest BCUT2D eigenvalue weighted by Crippen LogP contribution is -2.37. The summed E-state index contributed by atoms with van der Waals surface area (Å²) in [4.78, 5) is 24.9. The number of hydrogen-bond donors (Lipinski definition) is 1. The molecule has 1 fully saturated rings. The second kappa shape index (κ2) is 6.36. The Labute approximate surface area is 113 Å². The predicted molar refractivity (Wildman–Crippen MR) is 73.0 cm³/mol. The van der Waals surface area contributed by atoms with Crippen molar-refractivity contribution < 1.29 is 14.7 Å². The molecular weight excluding hydrogens is 242 g/mol. The van der Waals surface area contributed by atoms with Gasteiger partial charge in [-0.1, -0.05) is 31.0 Å². The van der Waals surface area contributed by atoms with Gasteiger partial charge in [0.2, 0.25) is 5.91 Å². The largest absolute Gasteiger partial charge is 0.481 e. The van der Waals surface area contributed by atoms with E-state index < -0.39 is 5.97 Å². The van der Waals surface area contributed by atoms with E-state index in [0.29, 0.717) is 0 Å². The van der Waals surface area contributed by atoms with E-state index >= 15 is 0 Å². The third-order valence-electron chi connectivity index (χ3n) is 3.59. The van der Waals surface area contributed by atoms with Crippen LogP contribution >= 0.6 is 0 Å². The van der Waals surface area contributed by atoms with Crippen molar-refractivity contribution in [2.24, 2.45) is 5.92 Å². The Kier molecular flexibility index (Phi) is 4.55. The molecule has 0 atom stereocenters. The highest BCUT2D eigenvalue weighted by Crippen LogP contribution is 2.28. The zero-order valence-corrected chi connectivity index (χ0v) is 10.9. The molecule has 1 amide bonds. The monoisotopic (exact) mass is 261 g/mol. The molecule has 1 saturated carbocycles. The number of carboxylic acid groups (broad SMARTS) is 1. The first-order valence-electron chi connectivity index (χ1n) is 6.76. The van der Waals surface area contributed by atoms with Crippen LogP contribution in [-0.4, -0.2) is 23.5 Å². The number of anilines is 1. The molecule has 102 valence electrons. The van der Waals surface area contributed by atoms with Crippen LogP contribution in [0.4, 0.5) is 5.69 Å². The summed E-state index contributed by atoms with van der Waals surface area (Å²) in [6.07, 6.45) is 4.02. The first-order chi connectivity index (χ1) is 9.18. The quantitative estimate of drug-likeness (QED) is 0.886. The molecule has 0 aliphatic heterocycles. The van der Waals surface area contributed by atoms with Gasteiger partial charge < -0.3 is 10.0 Å². The summed E-state index contributed by atoms with van der Waals surface area (Å²) in [5.74, 6) is -0.737. The van der Waals surface area contributed by atoms with Gasteiger partial charge in [-0.15, -0.1) is 0 Å². The molecule has 0 radical (unpaired) electrons. The maximum Gasteiger partial charge on any atom is 0.305 e. The number of amides is 1. The molecule has 4 nitrogen and oxygen atoms in total. The zero-order chi connectivity index (χ0) is 13.7. The molecule has 1 aromatic carbocycles. The van der Waals surface area contributed by atoms with Crippen molar-refractivity contribution in [2.75, 3.05) is 11.4 Å². The van der Waals surface area contributed by atoms with Gasteiger partial charge in [-0.25, -0.2) is 0 Å². The molecule has 1 aliphatic carbocycles. The molecule has 1 aliphatic rings. The van der Waals surface area contributed by atoms with Gasteiger partial charge in [0.15, 0.2) is 0 Å². The molecule has 0 bridgehead atoms. The number of carboxylic acids is 1. The Bertz CT molecular complexity index is 438. The minimum atomic E-state index is -0.875. The van der Waals surface area contributed by atoms with Crippen LogP contribution in [0, 0.1) is 5.92 Å². The lowest BCUT2D eigenvalue weighted by atomic mass is 10.1. The van der Waals surface area contributed by atoms with E-state index in [1.807, 2.05) is 30.3 Å². The summed E-state index contributed by atoms with van der Waals surface area (Å²) in [6.45, 7) is 0.245. The molecule has 0 unspecified atom stereocenters. The molecule has 0 spiro atoms. The van der Waals surface area contributed by atoms with E-state index in [1.54, 1.807) is 4.90 Å². The highest BCUT2D eigenvalue weighted by Gasteiger charge is 2.28. The number of carbonyl (C=O) groups is 2. The van der Waals surface area contributed by atoms with Crippen molar-refractivity contribution in [3.05, 3.63) is 30.3 Å². The molecule has 1 aromatic rings. The van der Waals surface area contributed by atoms with E-state index in [9.17, 15) is 9.59 Å². The average Bonchev–Trinajstić information content (AvgIpc) is 2.93. The lowest BCUT2D eigenvalue weighted by Gasteiger charge is -2.25. The highest BCUT2D eigenvalue weighted by molar-refractivity contribution is 5.95. The van der Waals surface area contributed by atoms with Crippen LogP contribution in [0.1, 0.15) is 32.1 Å². The molecule has 19 heavy (non-hydrogen) atoms. The smallest absolute Gasteiger partial charge is 0.305 e. The van der Waals surface area contributed by atoms with Gasteiger partial charge in [0.1, 0.15) is 0 Å². The third kappa shape index (κ3) is 3.56. The number of nitrogens with zero attached hydrogens (tertiary/aromatic N) is 1. The lowest BCUT2D eigenvalue weighted by molar-refractivity contribution is -0.136. The fourth-order valence-electron chi connectivity index (χ4n) is 2.58. The molecule has 0 saturated heterocycles. The average molecular weight is 261 g/mol. The van der Waals surface area contributed by atoms with Crippen LogP contribution in [0.5, 0.6) is 0 Å². The molecule has 4 heteroatoms. The van der Waals surface area contributed by atoms with E-state index in [0.717, 1.165) is 31.4 Å². The van der Waals surface area contributed by atoms with Gasteiger partial charge in [-0.2, -0.15) is 0 Å². The van der Waals surface area contributed by atoms with Crippen LogP contribution in [-0.2, 0) is 9.59 Å². The second-order valence-corrected chi connectivity index (χ2v) is 4.95. The van der Waals surface area contributed by atoms with Gasteiger partial charge in [0.25, 0.3) is 0 Å². The fraction of sp³-hybridized carbons (Fsp3) is 0.467. The van der Waals surface area contributed by atoms with Crippen molar-refractivity contribution >= 4 is 17.6 Å². The highest BCUT2D eigenvalue weighted by atomic mass is 16.4.